The summed E-state index contributed by atoms with van der Waals surface area (Å²) in [6.07, 6.45) is -0.547. The lowest BCUT2D eigenvalue weighted by Crippen LogP contribution is -2.46. The Hall–Kier alpha value is -1.79. The summed E-state index contributed by atoms with van der Waals surface area (Å²) in [5, 5.41) is 2.72. The normalized spacial score (nSPS) is 19.6. The fourth-order valence-corrected chi connectivity index (χ4v) is 1.77. The van der Waals surface area contributed by atoms with Gasteiger partial charge in [-0.1, -0.05) is 13.8 Å². The van der Waals surface area contributed by atoms with E-state index < -0.39 is 29.7 Å². The first-order valence-corrected chi connectivity index (χ1v) is 6.92. The number of nitrogens with zero attached hydrogens (tertiary/aromatic N) is 1. The van der Waals surface area contributed by atoms with E-state index in [-0.39, 0.29) is 12.5 Å². The van der Waals surface area contributed by atoms with Crippen LogP contribution < -0.4 is 5.32 Å². The van der Waals surface area contributed by atoms with Gasteiger partial charge in [0, 0.05) is 0 Å². The van der Waals surface area contributed by atoms with Crippen molar-refractivity contribution >= 4 is 18.0 Å². The Bertz CT molecular complexity index is 426. The van der Waals surface area contributed by atoms with Crippen molar-refractivity contribution < 1.29 is 23.8 Å². The maximum Gasteiger partial charge on any atom is 0.408 e. The van der Waals surface area contributed by atoms with Crippen LogP contribution in [0.2, 0.25) is 0 Å². The van der Waals surface area contributed by atoms with Crippen LogP contribution in [-0.2, 0) is 19.0 Å². The first-order valence-electron chi connectivity index (χ1n) is 6.92. The van der Waals surface area contributed by atoms with Crippen molar-refractivity contribution in [2.45, 2.75) is 52.3 Å². The predicted molar refractivity (Wildman–Crippen MR) is 77.2 cm³/mol. The van der Waals surface area contributed by atoms with Crippen LogP contribution in [0.1, 0.15) is 34.6 Å². The molecule has 0 saturated carbocycles. The first kappa shape index (κ1) is 17.3. The van der Waals surface area contributed by atoms with Gasteiger partial charge in [0.1, 0.15) is 18.2 Å². The van der Waals surface area contributed by atoms with E-state index in [1.165, 1.54) is 7.11 Å². The van der Waals surface area contributed by atoms with Crippen molar-refractivity contribution in [2.24, 2.45) is 10.9 Å². The first-order chi connectivity index (χ1) is 9.64. The number of esters is 1. The average molecular weight is 300 g/mol. The van der Waals surface area contributed by atoms with Crippen molar-refractivity contribution in [1.82, 2.24) is 5.32 Å². The molecule has 7 nitrogen and oxygen atoms in total. The lowest BCUT2D eigenvalue weighted by molar-refractivity contribution is -0.142. The van der Waals surface area contributed by atoms with E-state index in [2.05, 4.69) is 15.0 Å². The standard InChI is InChI=1S/C14H24N2O5/c1-8(2)10(16-13(18)21-14(3,4)5)11-15-9(7-20-11)12(17)19-6/h8-10H,7H2,1-6H3,(H,16,18). The molecule has 1 amide bonds. The summed E-state index contributed by atoms with van der Waals surface area (Å²) in [7, 11) is 1.30. The van der Waals surface area contributed by atoms with Crippen LogP contribution in [0.3, 0.4) is 0 Å². The zero-order valence-electron chi connectivity index (χ0n) is 13.4. The van der Waals surface area contributed by atoms with Crippen molar-refractivity contribution in [3.63, 3.8) is 0 Å². The van der Waals surface area contributed by atoms with Gasteiger partial charge in [-0.15, -0.1) is 0 Å². The quantitative estimate of drug-likeness (QED) is 0.795. The maximum atomic E-state index is 11.9. The number of nitrogens with one attached hydrogen (secondary N) is 1. The molecule has 0 aromatic carbocycles. The number of methoxy groups -OCH3 is 1. The van der Waals surface area contributed by atoms with Gasteiger partial charge in [-0.25, -0.2) is 14.6 Å². The van der Waals surface area contributed by atoms with E-state index in [1.54, 1.807) is 20.8 Å². The number of amides is 1. The number of aliphatic imine (C=N–C) groups is 1. The molecule has 0 spiro atoms. The molecule has 1 rings (SSSR count). The van der Waals surface area contributed by atoms with Crippen LogP contribution in [0.15, 0.2) is 4.99 Å². The second-order valence-corrected chi connectivity index (χ2v) is 6.19. The summed E-state index contributed by atoms with van der Waals surface area (Å²) < 4.78 is 15.3. The second kappa shape index (κ2) is 6.78. The summed E-state index contributed by atoms with van der Waals surface area (Å²) in [6, 6.07) is -1.12. The Kier molecular flexibility index (Phi) is 5.57. The number of hydrogen-bond acceptors (Lipinski definition) is 6. The molecule has 1 aliphatic rings. The Morgan fingerprint density at radius 1 is 1.38 bits per heavy atom. The lowest BCUT2D eigenvalue weighted by atomic mass is 10.0. The molecule has 21 heavy (non-hydrogen) atoms. The van der Waals surface area contributed by atoms with Crippen LogP contribution in [0.25, 0.3) is 0 Å². The highest BCUT2D eigenvalue weighted by atomic mass is 16.6. The molecule has 2 atom stereocenters. The number of carbonyl (C=O) groups is 2. The number of alkyl carbamates (subject to hydrolysis) is 1. The Balaban J connectivity index is 2.75. The van der Waals surface area contributed by atoms with Gasteiger partial charge >= 0.3 is 12.1 Å². The van der Waals surface area contributed by atoms with E-state index in [0.29, 0.717) is 5.90 Å². The molecule has 0 fully saturated rings. The zero-order valence-corrected chi connectivity index (χ0v) is 13.4. The largest absolute Gasteiger partial charge is 0.477 e. The molecule has 0 aromatic heterocycles. The molecule has 0 bridgehead atoms. The predicted octanol–water partition coefficient (Wildman–Crippen LogP) is 1.51. The van der Waals surface area contributed by atoms with E-state index in [9.17, 15) is 9.59 Å². The molecule has 0 aromatic rings. The molecule has 1 heterocycles. The fourth-order valence-electron chi connectivity index (χ4n) is 1.77. The molecular formula is C14H24N2O5. The van der Waals surface area contributed by atoms with E-state index in [1.807, 2.05) is 13.8 Å². The smallest absolute Gasteiger partial charge is 0.408 e. The number of hydrogen-bond donors (Lipinski definition) is 1. The van der Waals surface area contributed by atoms with E-state index in [4.69, 9.17) is 9.47 Å². The SMILES string of the molecule is COC(=O)C1COC(C(NC(=O)OC(C)(C)C)C(C)C)=N1. The van der Waals surface area contributed by atoms with Gasteiger partial charge in [0.25, 0.3) is 0 Å². The molecule has 0 radical (unpaired) electrons. The Morgan fingerprint density at radius 3 is 2.48 bits per heavy atom. The summed E-state index contributed by atoms with van der Waals surface area (Å²) in [5.41, 5.74) is -0.585. The van der Waals surface area contributed by atoms with Crippen molar-refractivity contribution in [3.8, 4) is 0 Å². The van der Waals surface area contributed by atoms with Crippen molar-refractivity contribution in [2.75, 3.05) is 13.7 Å². The Labute approximate surface area is 125 Å². The number of ether oxygens (including phenoxy) is 3. The van der Waals surface area contributed by atoms with Crippen LogP contribution in [-0.4, -0.2) is 49.4 Å². The molecule has 7 heteroatoms. The minimum atomic E-state index is -0.674. The third-order valence-electron chi connectivity index (χ3n) is 2.75. The molecule has 2 unspecified atom stereocenters. The van der Waals surface area contributed by atoms with E-state index in [0.717, 1.165) is 0 Å². The average Bonchev–Trinajstić information content (AvgIpc) is 2.81. The minimum absolute atomic E-state index is 0.0349. The fraction of sp³-hybridized carbons (Fsp3) is 0.786. The molecule has 120 valence electrons. The van der Waals surface area contributed by atoms with Gasteiger partial charge < -0.3 is 19.5 Å². The second-order valence-electron chi connectivity index (χ2n) is 6.19. The van der Waals surface area contributed by atoms with E-state index >= 15 is 0 Å². The third kappa shape index (κ3) is 5.24. The third-order valence-corrected chi connectivity index (χ3v) is 2.75. The highest BCUT2D eigenvalue weighted by molar-refractivity contribution is 5.90. The van der Waals surface area contributed by atoms with Gasteiger partial charge in [-0.3, -0.25) is 0 Å². The van der Waals surface area contributed by atoms with Gasteiger partial charge in [0.05, 0.1) is 7.11 Å². The highest BCUT2D eigenvalue weighted by Crippen LogP contribution is 2.15. The van der Waals surface area contributed by atoms with Crippen LogP contribution in [0.5, 0.6) is 0 Å². The topological polar surface area (TPSA) is 86.2 Å². The monoisotopic (exact) mass is 300 g/mol. The van der Waals surface area contributed by atoms with Crippen LogP contribution >= 0.6 is 0 Å². The Morgan fingerprint density at radius 2 is 2.00 bits per heavy atom. The molecule has 1 aliphatic heterocycles. The number of rotatable bonds is 4. The molecule has 0 saturated heterocycles. The summed E-state index contributed by atoms with van der Waals surface area (Å²) in [5.74, 6) is -0.0938. The molecule has 1 N–H and O–H groups in total. The van der Waals surface area contributed by atoms with Crippen molar-refractivity contribution in [3.05, 3.63) is 0 Å². The van der Waals surface area contributed by atoms with Crippen molar-refractivity contribution in [1.29, 1.82) is 0 Å². The van der Waals surface area contributed by atoms with Crippen LogP contribution in [0, 0.1) is 5.92 Å². The van der Waals surface area contributed by atoms with Gasteiger partial charge in [0.15, 0.2) is 6.04 Å². The highest BCUT2D eigenvalue weighted by Gasteiger charge is 2.33. The van der Waals surface area contributed by atoms with Gasteiger partial charge in [-0.2, -0.15) is 0 Å². The number of carbonyl (C=O) groups excluding carboxylic acids is 2. The lowest BCUT2D eigenvalue weighted by Gasteiger charge is -2.25. The summed E-state index contributed by atoms with van der Waals surface area (Å²) >= 11 is 0. The minimum Gasteiger partial charge on any atom is -0.477 e. The summed E-state index contributed by atoms with van der Waals surface area (Å²) in [4.78, 5) is 27.5. The van der Waals surface area contributed by atoms with Gasteiger partial charge in [0.2, 0.25) is 5.90 Å². The van der Waals surface area contributed by atoms with Crippen LogP contribution in [0.4, 0.5) is 4.79 Å². The molecule has 0 aliphatic carbocycles. The van der Waals surface area contributed by atoms with Gasteiger partial charge in [-0.05, 0) is 26.7 Å². The molecular weight excluding hydrogens is 276 g/mol. The summed E-state index contributed by atoms with van der Waals surface area (Å²) in [6.45, 7) is 9.31. The zero-order chi connectivity index (χ0) is 16.2. The maximum absolute atomic E-state index is 11.9.